The zero-order valence-corrected chi connectivity index (χ0v) is 17.5. The maximum absolute atomic E-state index is 12.1. The Morgan fingerprint density at radius 2 is 2.14 bits per heavy atom. The van der Waals surface area contributed by atoms with E-state index < -0.39 is 5.97 Å². The first-order valence-corrected chi connectivity index (χ1v) is 9.45. The zero-order valence-electron chi connectivity index (χ0n) is 16.8. The first-order valence-electron chi connectivity index (χ1n) is 9.07. The second kappa shape index (κ2) is 9.62. The zero-order chi connectivity index (χ0) is 21.6. The fourth-order valence-electron chi connectivity index (χ4n) is 3.05. The number of carbonyl (C=O) groups is 1. The number of likely N-dealkylation sites (N-methyl/N-ethyl adjacent to an activating group) is 1. The van der Waals surface area contributed by atoms with Gasteiger partial charge in [0.15, 0.2) is 0 Å². The Morgan fingerprint density at radius 3 is 2.76 bits per heavy atom. The van der Waals surface area contributed by atoms with Crippen molar-refractivity contribution in [3.8, 4) is 11.5 Å². The third kappa shape index (κ3) is 5.19. The number of methoxy groups -OCH3 is 1. The Hall–Kier alpha value is -2.77. The van der Waals surface area contributed by atoms with Crippen molar-refractivity contribution in [3.63, 3.8) is 0 Å². The molecule has 0 saturated heterocycles. The number of nitrogens with zero attached hydrogens (tertiary/aromatic N) is 2. The molecule has 1 atom stereocenters. The Balaban J connectivity index is 2.31. The summed E-state index contributed by atoms with van der Waals surface area (Å²) in [7, 11) is 3.09. The Labute approximate surface area is 175 Å². The number of hydrogen-bond acceptors (Lipinski definition) is 6. The van der Waals surface area contributed by atoms with Crippen molar-refractivity contribution in [1.29, 1.82) is 0 Å². The van der Waals surface area contributed by atoms with Gasteiger partial charge in [-0.05, 0) is 26.0 Å². The predicted octanol–water partition coefficient (Wildman–Crippen LogP) is 3.24. The number of phenols is 2. The molecule has 1 aromatic heterocycles. The van der Waals surface area contributed by atoms with Crippen LogP contribution in [0.1, 0.15) is 28.7 Å². The van der Waals surface area contributed by atoms with Crippen LogP contribution in [0.3, 0.4) is 0 Å². The maximum atomic E-state index is 12.1. The van der Waals surface area contributed by atoms with E-state index in [1.807, 2.05) is 30.0 Å². The summed E-state index contributed by atoms with van der Waals surface area (Å²) in [6, 6.07) is 1.03. The van der Waals surface area contributed by atoms with E-state index in [4.69, 9.17) is 16.3 Å². The molecule has 0 radical (unpaired) electrons. The van der Waals surface area contributed by atoms with Crippen molar-refractivity contribution >= 4 is 17.6 Å². The van der Waals surface area contributed by atoms with Crippen LogP contribution in [0.2, 0.25) is 5.02 Å². The molecule has 0 saturated carbocycles. The summed E-state index contributed by atoms with van der Waals surface area (Å²) < 4.78 is 6.75. The van der Waals surface area contributed by atoms with Gasteiger partial charge in [0.25, 0.3) is 0 Å². The predicted molar refractivity (Wildman–Crippen MR) is 113 cm³/mol. The summed E-state index contributed by atoms with van der Waals surface area (Å²) in [5, 5.41) is 23.3. The van der Waals surface area contributed by atoms with Crippen molar-refractivity contribution in [2.45, 2.75) is 31.8 Å². The number of carbonyl (C=O) groups excluding carboxylic acids is 1. The van der Waals surface area contributed by atoms with Gasteiger partial charge >= 0.3 is 5.97 Å². The van der Waals surface area contributed by atoms with Gasteiger partial charge < -0.3 is 24.8 Å². The highest BCUT2D eigenvalue weighted by atomic mass is 35.5. The van der Waals surface area contributed by atoms with Gasteiger partial charge in [-0.3, -0.25) is 0 Å². The normalized spacial score (nSPS) is 13.4. The van der Waals surface area contributed by atoms with E-state index in [0.29, 0.717) is 18.5 Å². The quantitative estimate of drug-likeness (QED) is 0.426. The van der Waals surface area contributed by atoms with Gasteiger partial charge in [-0.1, -0.05) is 36.4 Å². The second-order valence-corrected chi connectivity index (χ2v) is 7.19. The molecule has 8 heteroatoms. The molecule has 1 heterocycles. The largest absolute Gasteiger partial charge is 0.507 e. The number of aromatic nitrogens is 2. The van der Waals surface area contributed by atoms with Crippen LogP contribution in [0.25, 0.3) is 0 Å². The van der Waals surface area contributed by atoms with E-state index in [9.17, 15) is 15.0 Å². The summed E-state index contributed by atoms with van der Waals surface area (Å²) in [5.41, 5.74) is -0.0576. The number of imidazole rings is 1. The number of ether oxygens (including phenoxy) is 1. The first kappa shape index (κ1) is 22.5. The van der Waals surface area contributed by atoms with Crippen LogP contribution in [0.5, 0.6) is 11.5 Å². The number of aromatic hydroxyl groups is 2. The van der Waals surface area contributed by atoms with Crippen LogP contribution in [0.15, 0.2) is 43.3 Å². The molecule has 156 valence electrons. The van der Waals surface area contributed by atoms with Crippen molar-refractivity contribution in [2.24, 2.45) is 0 Å². The van der Waals surface area contributed by atoms with Gasteiger partial charge in [0.1, 0.15) is 22.9 Å². The minimum atomic E-state index is -0.722. The monoisotopic (exact) mass is 419 g/mol. The summed E-state index contributed by atoms with van der Waals surface area (Å²) in [4.78, 5) is 16.5. The Bertz CT molecular complexity index is 923. The summed E-state index contributed by atoms with van der Waals surface area (Å²) >= 11 is 6.21. The number of aryl methyl sites for hydroxylation is 1. The highest BCUT2D eigenvalue weighted by molar-refractivity contribution is 6.33. The molecule has 0 aliphatic rings. The fraction of sp³-hybridized carbons (Fsp3) is 0.333. The van der Waals surface area contributed by atoms with Crippen LogP contribution in [-0.4, -0.2) is 45.4 Å². The van der Waals surface area contributed by atoms with Crippen molar-refractivity contribution in [3.05, 3.63) is 65.2 Å². The summed E-state index contributed by atoms with van der Waals surface area (Å²) in [6.45, 7) is 6.37. The van der Waals surface area contributed by atoms with Gasteiger partial charge in [-0.2, -0.15) is 0 Å². The lowest BCUT2D eigenvalue weighted by Crippen LogP contribution is -2.42. The molecule has 0 fully saturated rings. The third-order valence-corrected chi connectivity index (χ3v) is 5.20. The molecule has 1 aromatic carbocycles. The smallest absolute Gasteiger partial charge is 0.341 e. The number of halogens is 1. The Kier molecular flexibility index (Phi) is 7.47. The van der Waals surface area contributed by atoms with Crippen LogP contribution in [0, 0.1) is 0 Å². The molecular formula is C21H26ClN3O4. The van der Waals surface area contributed by atoms with E-state index >= 15 is 0 Å². The van der Waals surface area contributed by atoms with Crippen LogP contribution in [0.4, 0.5) is 0 Å². The van der Waals surface area contributed by atoms with Crippen molar-refractivity contribution in [2.75, 3.05) is 14.2 Å². The number of hydrogen-bond donors (Lipinski definition) is 3. The topological polar surface area (TPSA) is 96.6 Å². The molecule has 1 unspecified atom stereocenters. The minimum Gasteiger partial charge on any atom is -0.507 e. The van der Waals surface area contributed by atoms with Gasteiger partial charge in [-0.25, -0.2) is 9.78 Å². The lowest BCUT2D eigenvalue weighted by atomic mass is 10.00. The molecule has 3 N–H and O–H groups in total. The van der Waals surface area contributed by atoms with E-state index in [0.717, 1.165) is 11.9 Å². The summed E-state index contributed by atoms with van der Waals surface area (Å²) in [6.07, 6.45) is 9.90. The molecule has 2 aromatic rings. The second-order valence-electron chi connectivity index (χ2n) is 6.81. The van der Waals surface area contributed by atoms with E-state index in [-0.39, 0.29) is 34.0 Å². The highest BCUT2D eigenvalue weighted by Gasteiger charge is 2.24. The fourth-order valence-corrected chi connectivity index (χ4v) is 3.29. The third-order valence-electron chi connectivity index (χ3n) is 4.78. The van der Waals surface area contributed by atoms with Crippen molar-refractivity contribution in [1.82, 2.24) is 14.9 Å². The SMILES string of the molecule is C=C/C=C\C(C)(Cn1ccnc1CCc1c(Cl)c(O)cc(O)c1C(=O)OC)NC. The van der Waals surface area contributed by atoms with Gasteiger partial charge in [0.05, 0.1) is 17.7 Å². The standard InChI is InChI=1S/C21H26ClN3O4/c1-5-6-9-21(2,23-3)13-25-11-10-24-17(25)8-7-14-18(20(28)29-4)15(26)12-16(27)19(14)22/h5-6,9-12,23,26-27H,1,7-8,13H2,2-4H3/b9-6-. The van der Waals surface area contributed by atoms with Gasteiger partial charge in [0, 0.05) is 31.4 Å². The van der Waals surface area contributed by atoms with Crippen LogP contribution < -0.4 is 5.32 Å². The number of rotatable bonds is 9. The molecule has 2 rings (SSSR count). The molecule has 29 heavy (non-hydrogen) atoms. The highest BCUT2D eigenvalue weighted by Crippen LogP contribution is 2.37. The first-order chi connectivity index (χ1) is 13.8. The maximum Gasteiger partial charge on any atom is 0.341 e. The number of nitrogens with one attached hydrogen (secondary N) is 1. The molecule has 0 bridgehead atoms. The molecule has 0 spiro atoms. The van der Waals surface area contributed by atoms with Crippen LogP contribution >= 0.6 is 11.6 Å². The lowest BCUT2D eigenvalue weighted by Gasteiger charge is -2.27. The molecule has 7 nitrogen and oxygen atoms in total. The molecule has 0 aliphatic carbocycles. The number of benzene rings is 1. The van der Waals surface area contributed by atoms with Gasteiger partial charge in [0.2, 0.25) is 0 Å². The number of esters is 1. The van der Waals surface area contributed by atoms with E-state index in [1.54, 1.807) is 12.3 Å². The number of allylic oxidation sites excluding steroid dienone is 2. The van der Waals surface area contributed by atoms with Crippen molar-refractivity contribution < 1.29 is 19.7 Å². The molecular weight excluding hydrogens is 394 g/mol. The Morgan fingerprint density at radius 1 is 1.41 bits per heavy atom. The van der Waals surface area contributed by atoms with E-state index in [2.05, 4.69) is 23.8 Å². The lowest BCUT2D eigenvalue weighted by molar-refractivity contribution is 0.0596. The van der Waals surface area contributed by atoms with E-state index in [1.165, 1.54) is 7.11 Å². The summed E-state index contributed by atoms with van der Waals surface area (Å²) in [5.74, 6) is -0.629. The number of phenolic OH excluding ortho intramolecular Hbond substituents is 2. The average Bonchev–Trinajstić information content (AvgIpc) is 3.13. The molecule has 0 aliphatic heterocycles. The van der Waals surface area contributed by atoms with Gasteiger partial charge in [-0.15, -0.1) is 0 Å². The van der Waals surface area contributed by atoms with Crippen LogP contribution in [-0.2, 0) is 24.1 Å². The minimum absolute atomic E-state index is 0.00952. The average molecular weight is 420 g/mol. The molecule has 0 amide bonds.